The predicted octanol–water partition coefficient (Wildman–Crippen LogP) is 0.00330. The average Bonchev–Trinajstić information content (AvgIpc) is 2.73. The smallest absolute Gasteiger partial charge is 0.744 e. The van der Waals surface area contributed by atoms with Crippen LogP contribution in [-0.4, -0.2) is 18.8 Å². The van der Waals surface area contributed by atoms with Gasteiger partial charge in [-0.05, 0) is 53.5 Å². The number of hydrogen-bond acceptors (Lipinski definition) is 4. The molecular weight excluding hydrogens is 339 g/mol. The van der Waals surface area contributed by atoms with E-state index in [1.807, 2.05) is 13.0 Å². The quantitative estimate of drug-likeness (QED) is 0.424. The summed E-state index contributed by atoms with van der Waals surface area (Å²) in [7, 11) is -4.43. The minimum absolute atomic E-state index is 0. The fraction of sp³-hybridized carbons (Fsp3) is 0.471. The van der Waals surface area contributed by atoms with E-state index in [9.17, 15) is 17.8 Å². The number of ketones is 1. The monoisotopic (exact) mass is 358 g/mol. The molecule has 0 aromatic heterocycles. The standard InChI is InChI=1S/C17H20O4S.K/c1-16(2)14-8-9-17(16,3)15(18)13(14)10-11-4-6-12(7-5-11)22(19,20)21;/h4-7,10,14H,8-9H2,1-3H3,(H,19,20,21);/q;+1/p-1. The molecule has 2 atom stereocenters. The summed E-state index contributed by atoms with van der Waals surface area (Å²) in [5, 5.41) is 0. The molecule has 2 aliphatic rings. The molecule has 0 saturated heterocycles. The number of carbonyl (C=O) groups excluding carboxylic acids is 1. The third kappa shape index (κ3) is 2.97. The minimum Gasteiger partial charge on any atom is -0.744 e. The van der Waals surface area contributed by atoms with Crippen LogP contribution in [0.15, 0.2) is 34.7 Å². The molecule has 0 N–H and O–H groups in total. The Morgan fingerprint density at radius 2 is 1.74 bits per heavy atom. The van der Waals surface area contributed by atoms with E-state index in [0.717, 1.165) is 24.0 Å². The van der Waals surface area contributed by atoms with Crippen molar-refractivity contribution in [1.29, 1.82) is 0 Å². The summed E-state index contributed by atoms with van der Waals surface area (Å²) in [6.45, 7) is 6.34. The molecule has 2 fully saturated rings. The molecule has 23 heavy (non-hydrogen) atoms. The van der Waals surface area contributed by atoms with E-state index < -0.39 is 10.1 Å². The fourth-order valence-electron chi connectivity index (χ4n) is 4.00. The molecule has 2 bridgehead atoms. The zero-order valence-corrected chi connectivity index (χ0v) is 17.9. The number of fused-ring (bicyclic) bond motifs is 2. The van der Waals surface area contributed by atoms with Crippen LogP contribution in [0.25, 0.3) is 6.08 Å². The van der Waals surface area contributed by atoms with E-state index in [1.165, 1.54) is 12.1 Å². The Kier molecular flexibility index (Phi) is 5.22. The van der Waals surface area contributed by atoms with E-state index in [1.54, 1.807) is 12.1 Å². The van der Waals surface area contributed by atoms with Gasteiger partial charge in [0.15, 0.2) is 5.78 Å². The van der Waals surface area contributed by atoms with Crippen LogP contribution in [0.3, 0.4) is 0 Å². The van der Waals surface area contributed by atoms with Crippen molar-refractivity contribution >= 4 is 22.0 Å². The summed E-state index contributed by atoms with van der Waals surface area (Å²) >= 11 is 0. The Hall–Kier alpha value is 0.176. The van der Waals surface area contributed by atoms with Crippen molar-refractivity contribution in [1.82, 2.24) is 0 Å². The topological polar surface area (TPSA) is 74.3 Å². The van der Waals surface area contributed by atoms with Gasteiger partial charge < -0.3 is 4.55 Å². The zero-order chi connectivity index (χ0) is 16.3. The summed E-state index contributed by atoms with van der Waals surface area (Å²) in [5.74, 6) is 0.446. The number of hydrogen-bond donors (Lipinski definition) is 0. The van der Waals surface area contributed by atoms with Gasteiger partial charge in [-0.1, -0.05) is 32.9 Å². The van der Waals surface area contributed by atoms with Crippen molar-refractivity contribution in [2.45, 2.75) is 38.5 Å². The summed E-state index contributed by atoms with van der Waals surface area (Å²) in [6.07, 6.45) is 3.78. The number of benzene rings is 1. The first-order valence-corrected chi connectivity index (χ1v) is 8.80. The van der Waals surface area contributed by atoms with Gasteiger partial charge in [0.25, 0.3) is 0 Å². The van der Waals surface area contributed by atoms with Crippen LogP contribution in [0.1, 0.15) is 39.2 Å². The molecular formula is C17H19KO4S. The molecule has 0 heterocycles. The number of Topliss-reactive ketones (excluding diaryl/α,β-unsaturated/α-hetero) is 1. The van der Waals surface area contributed by atoms with Crippen LogP contribution in [0.5, 0.6) is 0 Å². The molecule has 0 spiro atoms. The van der Waals surface area contributed by atoms with Gasteiger partial charge in [-0.15, -0.1) is 0 Å². The maximum Gasteiger partial charge on any atom is 1.00 e. The molecule has 6 heteroatoms. The van der Waals surface area contributed by atoms with Crippen molar-refractivity contribution in [3.05, 3.63) is 35.4 Å². The van der Waals surface area contributed by atoms with Crippen LogP contribution < -0.4 is 51.4 Å². The van der Waals surface area contributed by atoms with Crippen LogP contribution in [0, 0.1) is 16.7 Å². The van der Waals surface area contributed by atoms with Gasteiger partial charge in [-0.25, -0.2) is 8.42 Å². The normalized spacial score (nSPS) is 30.5. The number of carbonyl (C=O) groups is 1. The third-order valence-electron chi connectivity index (χ3n) is 5.86. The zero-order valence-electron chi connectivity index (χ0n) is 13.9. The molecule has 0 radical (unpaired) electrons. The van der Waals surface area contributed by atoms with Gasteiger partial charge >= 0.3 is 51.4 Å². The SMILES string of the molecule is CC12CCC(C(=Cc3ccc(S(=O)(=O)[O-])cc3)C1=O)C2(C)C.[K+]. The van der Waals surface area contributed by atoms with Gasteiger partial charge in [0.2, 0.25) is 0 Å². The van der Waals surface area contributed by atoms with Crippen molar-refractivity contribution in [3.8, 4) is 0 Å². The molecule has 0 aliphatic heterocycles. The molecule has 2 unspecified atom stereocenters. The summed E-state index contributed by atoms with van der Waals surface area (Å²) in [5.41, 5.74) is 1.23. The van der Waals surface area contributed by atoms with Crippen molar-refractivity contribution in [3.63, 3.8) is 0 Å². The van der Waals surface area contributed by atoms with Gasteiger partial charge in [0.05, 0.1) is 4.90 Å². The van der Waals surface area contributed by atoms with Crippen LogP contribution >= 0.6 is 0 Å². The Morgan fingerprint density at radius 3 is 2.17 bits per heavy atom. The Bertz CT molecular complexity index is 777. The van der Waals surface area contributed by atoms with Gasteiger partial charge in [0.1, 0.15) is 10.1 Å². The maximum atomic E-state index is 12.7. The van der Waals surface area contributed by atoms with Crippen LogP contribution in [-0.2, 0) is 14.9 Å². The molecule has 2 aliphatic carbocycles. The van der Waals surface area contributed by atoms with Crippen LogP contribution in [0.2, 0.25) is 0 Å². The third-order valence-corrected chi connectivity index (χ3v) is 6.71. The van der Waals surface area contributed by atoms with E-state index in [-0.39, 0.29) is 78.8 Å². The number of allylic oxidation sites excluding steroid dienone is 1. The predicted molar refractivity (Wildman–Crippen MR) is 82.0 cm³/mol. The van der Waals surface area contributed by atoms with E-state index in [0.29, 0.717) is 0 Å². The van der Waals surface area contributed by atoms with Crippen LogP contribution in [0.4, 0.5) is 0 Å². The molecule has 1 aromatic carbocycles. The second-order valence-electron chi connectivity index (χ2n) is 7.10. The Balaban J connectivity index is 0.00000192. The van der Waals surface area contributed by atoms with Crippen molar-refractivity contribution in [2.75, 3.05) is 0 Å². The second-order valence-corrected chi connectivity index (χ2v) is 8.48. The molecule has 3 rings (SSSR count). The van der Waals surface area contributed by atoms with Crippen molar-refractivity contribution in [2.24, 2.45) is 16.7 Å². The average molecular weight is 359 g/mol. The van der Waals surface area contributed by atoms with Gasteiger partial charge in [0, 0.05) is 5.41 Å². The second kappa shape index (κ2) is 6.16. The van der Waals surface area contributed by atoms with E-state index >= 15 is 0 Å². The first-order valence-electron chi connectivity index (χ1n) is 7.40. The molecule has 1 aromatic rings. The summed E-state index contributed by atoms with van der Waals surface area (Å²) < 4.78 is 32.8. The summed E-state index contributed by atoms with van der Waals surface area (Å²) in [4.78, 5) is 12.5. The molecule has 0 amide bonds. The minimum atomic E-state index is -4.43. The van der Waals surface area contributed by atoms with E-state index in [4.69, 9.17) is 0 Å². The molecule has 4 nitrogen and oxygen atoms in total. The molecule has 118 valence electrons. The maximum absolute atomic E-state index is 12.7. The van der Waals surface area contributed by atoms with Crippen molar-refractivity contribution < 1.29 is 69.1 Å². The first kappa shape index (κ1) is 19.5. The van der Waals surface area contributed by atoms with Gasteiger partial charge in [-0.3, -0.25) is 4.79 Å². The van der Waals surface area contributed by atoms with Gasteiger partial charge in [-0.2, -0.15) is 0 Å². The largest absolute Gasteiger partial charge is 1.00 e. The Labute approximate surface area is 179 Å². The van der Waals surface area contributed by atoms with E-state index in [2.05, 4.69) is 13.8 Å². The summed E-state index contributed by atoms with van der Waals surface area (Å²) in [6, 6.07) is 5.73. The Morgan fingerprint density at radius 1 is 1.17 bits per heavy atom. The molecule has 2 saturated carbocycles. The fourth-order valence-corrected chi connectivity index (χ4v) is 4.47. The number of rotatable bonds is 2. The first-order chi connectivity index (χ1) is 10.1.